The minimum Gasteiger partial charge on any atom is -0.477 e. The van der Waals surface area contributed by atoms with Crippen molar-refractivity contribution in [3.05, 3.63) is 130 Å². The summed E-state index contributed by atoms with van der Waals surface area (Å²) in [6.45, 7) is 0.410. The van der Waals surface area contributed by atoms with Gasteiger partial charge in [-0.25, -0.2) is 4.79 Å². The second-order valence-electron chi connectivity index (χ2n) is 7.67. The Balaban J connectivity index is 1.52. The second-order valence-corrected chi connectivity index (χ2v) is 8.75. The van der Waals surface area contributed by atoms with Gasteiger partial charge in [-0.2, -0.15) is 0 Å². The van der Waals surface area contributed by atoms with Gasteiger partial charge in [-0.15, -0.1) is 11.3 Å². The monoisotopic (exact) mass is 457 g/mol. The summed E-state index contributed by atoms with van der Waals surface area (Å²) in [6.07, 6.45) is 0. The Morgan fingerprint density at radius 2 is 1.38 bits per heavy atom. The van der Waals surface area contributed by atoms with Crippen molar-refractivity contribution >= 4 is 27.5 Å². The van der Waals surface area contributed by atoms with Gasteiger partial charge in [-0.05, 0) is 48.0 Å². The number of carboxylic acids is 1. The normalized spacial score (nSPS) is 10.2. The number of thiophene rings is 1. The van der Waals surface area contributed by atoms with Crippen molar-refractivity contribution in [2.45, 2.75) is 6.54 Å². The summed E-state index contributed by atoms with van der Waals surface area (Å²) in [7, 11) is 0. The lowest BCUT2D eigenvalue weighted by molar-refractivity contribution is 0.0686. The number of benzene rings is 3. The van der Waals surface area contributed by atoms with Gasteiger partial charge in [0.2, 0.25) is 0 Å². The number of nitrogens with zero attached hydrogens (tertiary/aromatic N) is 1. The first kappa shape index (κ1) is 21.3. The quantitative estimate of drug-likeness (QED) is 0.326. The largest absolute Gasteiger partial charge is 0.477 e. The average molecular weight is 458 g/mol. The fourth-order valence-corrected chi connectivity index (χ4v) is 4.67. The molecule has 0 amide bonds. The Labute approximate surface area is 201 Å². The van der Waals surface area contributed by atoms with E-state index in [9.17, 15) is 9.90 Å². The molecule has 2 heterocycles. The van der Waals surface area contributed by atoms with Crippen molar-refractivity contribution in [3.8, 4) is 23.7 Å². The first-order valence-corrected chi connectivity index (χ1v) is 11.6. The first-order chi connectivity index (χ1) is 16.7. The number of rotatable bonds is 3. The van der Waals surface area contributed by atoms with Crippen molar-refractivity contribution in [2.75, 3.05) is 0 Å². The highest BCUT2D eigenvalue weighted by atomic mass is 32.1. The third-order valence-corrected chi connectivity index (χ3v) is 6.36. The van der Waals surface area contributed by atoms with Crippen LogP contribution in [0.5, 0.6) is 0 Å². The van der Waals surface area contributed by atoms with Gasteiger partial charge in [0, 0.05) is 23.2 Å². The first-order valence-electron chi connectivity index (χ1n) is 10.8. The van der Waals surface area contributed by atoms with Gasteiger partial charge in [0.05, 0.1) is 15.1 Å². The molecule has 3 nitrogen and oxygen atoms in total. The maximum absolute atomic E-state index is 12.0. The van der Waals surface area contributed by atoms with Crippen LogP contribution in [0.1, 0.15) is 37.6 Å². The lowest BCUT2D eigenvalue weighted by Gasteiger charge is -2.10. The maximum Gasteiger partial charge on any atom is 0.352 e. The van der Waals surface area contributed by atoms with Crippen LogP contribution in [0.25, 0.3) is 10.2 Å². The summed E-state index contributed by atoms with van der Waals surface area (Å²) in [6, 6.07) is 31.2. The molecule has 0 bridgehead atoms. The summed E-state index contributed by atoms with van der Waals surface area (Å²) in [4.78, 5) is 12.9. The van der Waals surface area contributed by atoms with E-state index in [2.05, 4.69) is 23.7 Å². The number of aromatic carboxylic acids is 1. The lowest BCUT2D eigenvalue weighted by atomic mass is 10.1. The second kappa shape index (κ2) is 9.55. The van der Waals surface area contributed by atoms with E-state index in [4.69, 9.17) is 0 Å². The molecule has 0 fully saturated rings. The molecule has 0 spiro atoms. The molecule has 0 saturated heterocycles. The molecule has 0 saturated carbocycles. The van der Waals surface area contributed by atoms with E-state index in [-0.39, 0.29) is 5.69 Å². The van der Waals surface area contributed by atoms with Crippen LogP contribution in [0.2, 0.25) is 0 Å². The number of carbonyl (C=O) groups is 1. The van der Waals surface area contributed by atoms with E-state index in [1.807, 2.05) is 95.6 Å². The topological polar surface area (TPSA) is 42.2 Å². The van der Waals surface area contributed by atoms with Gasteiger partial charge >= 0.3 is 5.97 Å². The third-order valence-electron chi connectivity index (χ3n) is 5.37. The maximum atomic E-state index is 12.0. The lowest BCUT2D eigenvalue weighted by Crippen LogP contribution is -2.10. The molecule has 3 aromatic carbocycles. The minimum absolute atomic E-state index is 0.259. The molecular weight excluding hydrogens is 438 g/mol. The molecule has 34 heavy (non-hydrogen) atoms. The standard InChI is InChI=1S/C30H19NO2S/c32-30(33)28-20-29-27(19-26(34-29)18-16-23-11-5-2-6-12-23)31(28)21-25-14-8-7-13-24(25)17-15-22-9-3-1-4-10-22/h1-14,19-20H,21H2,(H,32,33). The molecule has 0 aliphatic carbocycles. The molecule has 2 aromatic heterocycles. The van der Waals surface area contributed by atoms with Crippen LogP contribution in [0.3, 0.4) is 0 Å². The van der Waals surface area contributed by atoms with E-state index >= 15 is 0 Å². The van der Waals surface area contributed by atoms with Crippen LogP contribution in [0, 0.1) is 23.7 Å². The number of hydrogen-bond donors (Lipinski definition) is 1. The highest BCUT2D eigenvalue weighted by molar-refractivity contribution is 7.19. The summed E-state index contributed by atoms with van der Waals surface area (Å²) < 4.78 is 2.74. The van der Waals surface area contributed by atoms with Crippen LogP contribution >= 0.6 is 11.3 Å². The predicted octanol–water partition coefficient (Wildman–Crippen LogP) is 6.25. The Morgan fingerprint density at radius 3 is 2.06 bits per heavy atom. The molecule has 0 unspecified atom stereocenters. The van der Waals surface area contributed by atoms with Crippen molar-refractivity contribution < 1.29 is 9.90 Å². The predicted molar refractivity (Wildman–Crippen MR) is 137 cm³/mol. The van der Waals surface area contributed by atoms with Gasteiger partial charge in [0.15, 0.2) is 0 Å². The molecule has 162 valence electrons. The van der Waals surface area contributed by atoms with Crippen LogP contribution in [-0.4, -0.2) is 15.6 Å². The molecule has 0 atom stereocenters. The zero-order valence-corrected chi connectivity index (χ0v) is 19.0. The summed E-state index contributed by atoms with van der Waals surface area (Å²) in [5, 5.41) is 9.83. The fourth-order valence-electron chi connectivity index (χ4n) is 3.72. The van der Waals surface area contributed by atoms with E-state index in [0.29, 0.717) is 6.54 Å². The number of hydrogen-bond acceptors (Lipinski definition) is 2. The van der Waals surface area contributed by atoms with Crippen molar-refractivity contribution in [3.63, 3.8) is 0 Å². The summed E-state index contributed by atoms with van der Waals surface area (Å²) in [5.74, 6) is 11.9. The van der Waals surface area contributed by atoms with E-state index in [0.717, 1.165) is 37.3 Å². The van der Waals surface area contributed by atoms with Gasteiger partial charge in [0.25, 0.3) is 0 Å². The zero-order chi connectivity index (χ0) is 23.3. The Kier molecular flexibility index (Phi) is 5.99. The van der Waals surface area contributed by atoms with Crippen molar-refractivity contribution in [1.82, 2.24) is 4.57 Å². The Morgan fingerprint density at radius 1 is 0.765 bits per heavy atom. The minimum atomic E-state index is -0.951. The smallest absolute Gasteiger partial charge is 0.352 e. The fraction of sp³-hybridized carbons (Fsp3) is 0.0333. The van der Waals surface area contributed by atoms with Gasteiger partial charge in [-0.1, -0.05) is 78.3 Å². The van der Waals surface area contributed by atoms with Crippen LogP contribution in [0.4, 0.5) is 0 Å². The SMILES string of the molecule is O=C(O)c1cc2sc(C#Cc3ccccc3)cc2n1Cc1ccccc1C#Cc1ccccc1. The molecule has 0 aliphatic rings. The molecule has 4 heteroatoms. The number of fused-ring (bicyclic) bond motifs is 1. The molecular formula is C30H19NO2S. The van der Waals surface area contributed by atoms with E-state index in [1.165, 1.54) is 11.3 Å². The summed E-state index contributed by atoms with van der Waals surface area (Å²) >= 11 is 1.51. The van der Waals surface area contributed by atoms with Crippen LogP contribution in [-0.2, 0) is 6.54 Å². The van der Waals surface area contributed by atoms with Gasteiger partial charge < -0.3 is 9.67 Å². The van der Waals surface area contributed by atoms with Gasteiger partial charge in [-0.3, -0.25) is 0 Å². The molecule has 1 N–H and O–H groups in total. The zero-order valence-electron chi connectivity index (χ0n) is 18.2. The van der Waals surface area contributed by atoms with Gasteiger partial charge in [0.1, 0.15) is 5.69 Å². The van der Waals surface area contributed by atoms with Crippen molar-refractivity contribution in [1.29, 1.82) is 0 Å². The van der Waals surface area contributed by atoms with E-state index in [1.54, 1.807) is 6.07 Å². The number of aromatic nitrogens is 1. The average Bonchev–Trinajstić information content (AvgIpc) is 3.42. The molecule has 5 aromatic rings. The van der Waals surface area contributed by atoms with Crippen molar-refractivity contribution in [2.24, 2.45) is 0 Å². The Hall–Kier alpha value is -4.51. The summed E-state index contributed by atoms with van der Waals surface area (Å²) in [5.41, 5.74) is 4.85. The van der Waals surface area contributed by atoms with E-state index < -0.39 is 5.97 Å². The Bertz CT molecular complexity index is 1600. The molecule has 0 radical (unpaired) electrons. The highest BCUT2D eigenvalue weighted by Gasteiger charge is 2.18. The highest BCUT2D eigenvalue weighted by Crippen LogP contribution is 2.30. The van der Waals surface area contributed by atoms with Crippen LogP contribution < -0.4 is 0 Å². The molecule has 5 rings (SSSR count). The van der Waals surface area contributed by atoms with Crippen LogP contribution in [0.15, 0.2) is 97.1 Å². The third kappa shape index (κ3) is 4.64. The molecule has 0 aliphatic heterocycles. The number of carboxylic acid groups (broad SMARTS) is 1.